The van der Waals surface area contributed by atoms with Crippen molar-refractivity contribution in [1.82, 2.24) is 10.2 Å². The van der Waals surface area contributed by atoms with Gasteiger partial charge in [-0.3, -0.25) is 9.69 Å². The van der Waals surface area contributed by atoms with Crippen molar-refractivity contribution in [2.45, 2.75) is 18.9 Å². The number of nitrogens with zero attached hydrogens (tertiary/aromatic N) is 1. The first kappa shape index (κ1) is 14.0. The Morgan fingerprint density at radius 3 is 2.56 bits per heavy atom. The summed E-state index contributed by atoms with van der Waals surface area (Å²) in [5.41, 5.74) is 0.816. The van der Waals surface area contributed by atoms with E-state index in [-0.39, 0.29) is 5.78 Å². The van der Waals surface area contributed by atoms with Crippen LogP contribution in [0.15, 0.2) is 24.3 Å². The summed E-state index contributed by atoms with van der Waals surface area (Å²) < 4.78 is 1.16. The predicted molar refractivity (Wildman–Crippen MR) is 82.0 cm³/mol. The number of hydrogen-bond donors (Lipinski definition) is 1. The second-order valence-corrected chi connectivity index (χ2v) is 6.07. The van der Waals surface area contributed by atoms with Gasteiger partial charge in [0.15, 0.2) is 5.78 Å². The summed E-state index contributed by atoms with van der Waals surface area (Å²) in [4.78, 5) is 14.3. The highest BCUT2D eigenvalue weighted by Crippen LogP contribution is 2.12. The molecule has 18 heavy (non-hydrogen) atoms. The third kappa shape index (κ3) is 3.76. The van der Waals surface area contributed by atoms with Gasteiger partial charge in [-0.15, -0.1) is 0 Å². The number of piperidine rings is 1. The van der Waals surface area contributed by atoms with Crippen molar-refractivity contribution in [3.05, 3.63) is 33.4 Å². The molecule has 1 aromatic rings. The third-order valence-electron chi connectivity index (χ3n) is 3.49. The van der Waals surface area contributed by atoms with Crippen LogP contribution >= 0.6 is 22.6 Å². The van der Waals surface area contributed by atoms with Crippen molar-refractivity contribution in [2.75, 3.05) is 26.7 Å². The standard InChI is InChI=1S/C14H19IN2O/c1-17(13-6-8-16-9-7-13)10-14(18)11-2-4-12(15)5-3-11/h2-5,13,16H,6-10H2,1H3. The number of ketones is 1. The van der Waals surface area contributed by atoms with Gasteiger partial charge >= 0.3 is 0 Å². The largest absolute Gasteiger partial charge is 0.317 e. The van der Waals surface area contributed by atoms with Crippen LogP contribution in [0.3, 0.4) is 0 Å². The molecule has 98 valence electrons. The Kier molecular flexibility index (Phi) is 5.14. The Morgan fingerprint density at radius 2 is 1.94 bits per heavy atom. The summed E-state index contributed by atoms with van der Waals surface area (Å²) in [6, 6.07) is 8.34. The maximum Gasteiger partial charge on any atom is 0.176 e. The molecule has 0 saturated carbocycles. The predicted octanol–water partition coefficient (Wildman–Crippen LogP) is 2.16. The molecule has 0 unspecified atom stereocenters. The maximum atomic E-state index is 12.1. The SMILES string of the molecule is CN(CC(=O)c1ccc(I)cc1)C1CCNCC1. The van der Waals surface area contributed by atoms with Crippen molar-refractivity contribution in [2.24, 2.45) is 0 Å². The van der Waals surface area contributed by atoms with E-state index >= 15 is 0 Å². The van der Waals surface area contributed by atoms with Crippen LogP contribution < -0.4 is 5.32 Å². The molecule has 0 aliphatic carbocycles. The van der Waals surface area contributed by atoms with E-state index in [1.54, 1.807) is 0 Å². The molecule has 1 aliphatic rings. The summed E-state index contributed by atoms with van der Waals surface area (Å²) in [7, 11) is 2.06. The van der Waals surface area contributed by atoms with Crippen molar-refractivity contribution in [3.63, 3.8) is 0 Å². The van der Waals surface area contributed by atoms with Gasteiger partial charge in [0.1, 0.15) is 0 Å². The van der Waals surface area contributed by atoms with Crippen LogP contribution in [0.5, 0.6) is 0 Å². The topological polar surface area (TPSA) is 32.3 Å². The van der Waals surface area contributed by atoms with E-state index in [9.17, 15) is 4.79 Å². The molecule has 1 fully saturated rings. The minimum Gasteiger partial charge on any atom is -0.317 e. The number of rotatable bonds is 4. The van der Waals surface area contributed by atoms with E-state index in [4.69, 9.17) is 0 Å². The molecule has 1 aliphatic heterocycles. The van der Waals surface area contributed by atoms with E-state index in [2.05, 4.69) is 39.9 Å². The molecule has 3 nitrogen and oxygen atoms in total. The summed E-state index contributed by atoms with van der Waals surface area (Å²) in [5, 5.41) is 3.35. The lowest BCUT2D eigenvalue weighted by Crippen LogP contribution is -2.43. The first-order valence-corrected chi connectivity index (χ1v) is 7.44. The molecule has 0 aromatic heterocycles. The van der Waals surface area contributed by atoms with Gasteiger partial charge in [0, 0.05) is 15.2 Å². The average Bonchev–Trinajstić information content (AvgIpc) is 2.40. The fourth-order valence-corrected chi connectivity index (χ4v) is 2.69. The van der Waals surface area contributed by atoms with Crippen LogP contribution in [0.25, 0.3) is 0 Å². The van der Waals surface area contributed by atoms with E-state index in [0.717, 1.165) is 35.1 Å². The molecule has 0 amide bonds. The van der Waals surface area contributed by atoms with Crippen LogP contribution in [-0.4, -0.2) is 43.4 Å². The van der Waals surface area contributed by atoms with Gasteiger partial charge in [-0.2, -0.15) is 0 Å². The highest BCUT2D eigenvalue weighted by molar-refractivity contribution is 14.1. The summed E-state index contributed by atoms with van der Waals surface area (Å²) in [5.74, 6) is 0.215. The lowest BCUT2D eigenvalue weighted by Gasteiger charge is -2.31. The Balaban J connectivity index is 1.91. The third-order valence-corrected chi connectivity index (χ3v) is 4.21. The normalized spacial score (nSPS) is 17.1. The molecule has 1 aromatic carbocycles. The number of carbonyl (C=O) groups excluding carboxylic acids is 1. The van der Waals surface area contributed by atoms with Crippen molar-refractivity contribution >= 4 is 28.4 Å². The molecule has 1 heterocycles. The molecule has 0 bridgehead atoms. The zero-order chi connectivity index (χ0) is 13.0. The fraction of sp³-hybridized carbons (Fsp3) is 0.500. The molecular formula is C14H19IN2O. The van der Waals surface area contributed by atoms with Gasteiger partial charge in [0.2, 0.25) is 0 Å². The number of halogens is 1. The molecule has 1 N–H and O–H groups in total. The van der Waals surface area contributed by atoms with Gasteiger partial charge in [-0.05, 0) is 67.7 Å². The molecule has 0 spiro atoms. The number of hydrogen-bond acceptors (Lipinski definition) is 3. The van der Waals surface area contributed by atoms with Crippen LogP contribution in [-0.2, 0) is 0 Å². The smallest absolute Gasteiger partial charge is 0.176 e. The zero-order valence-electron chi connectivity index (χ0n) is 10.7. The second kappa shape index (κ2) is 6.63. The first-order chi connectivity index (χ1) is 8.66. The fourth-order valence-electron chi connectivity index (χ4n) is 2.33. The molecule has 4 heteroatoms. The minimum absolute atomic E-state index is 0.215. The van der Waals surface area contributed by atoms with E-state index < -0.39 is 0 Å². The molecule has 0 radical (unpaired) electrons. The number of nitrogens with one attached hydrogen (secondary N) is 1. The Hall–Kier alpha value is -0.460. The van der Waals surface area contributed by atoms with Crippen LogP contribution in [0.2, 0.25) is 0 Å². The highest BCUT2D eigenvalue weighted by Gasteiger charge is 2.19. The molecule has 1 saturated heterocycles. The number of likely N-dealkylation sites (N-methyl/N-ethyl adjacent to an activating group) is 1. The average molecular weight is 358 g/mol. The maximum absolute atomic E-state index is 12.1. The molecule has 0 atom stereocenters. The van der Waals surface area contributed by atoms with E-state index in [0.29, 0.717) is 12.6 Å². The summed E-state index contributed by atoms with van der Waals surface area (Å²) >= 11 is 2.25. The Morgan fingerprint density at radius 1 is 1.33 bits per heavy atom. The van der Waals surface area contributed by atoms with Gasteiger partial charge in [0.25, 0.3) is 0 Å². The second-order valence-electron chi connectivity index (χ2n) is 4.83. The zero-order valence-corrected chi connectivity index (χ0v) is 12.8. The van der Waals surface area contributed by atoms with E-state index in [1.165, 1.54) is 0 Å². The van der Waals surface area contributed by atoms with Gasteiger partial charge < -0.3 is 5.32 Å². The lowest BCUT2D eigenvalue weighted by molar-refractivity contribution is 0.0903. The van der Waals surface area contributed by atoms with Crippen molar-refractivity contribution in [3.8, 4) is 0 Å². The highest BCUT2D eigenvalue weighted by atomic mass is 127. The molecule has 2 rings (SSSR count). The minimum atomic E-state index is 0.215. The van der Waals surface area contributed by atoms with Crippen molar-refractivity contribution in [1.29, 1.82) is 0 Å². The van der Waals surface area contributed by atoms with E-state index in [1.807, 2.05) is 24.3 Å². The molecular weight excluding hydrogens is 339 g/mol. The monoisotopic (exact) mass is 358 g/mol. The van der Waals surface area contributed by atoms with Crippen LogP contribution in [0.4, 0.5) is 0 Å². The van der Waals surface area contributed by atoms with Crippen LogP contribution in [0, 0.1) is 3.57 Å². The summed E-state index contributed by atoms with van der Waals surface area (Å²) in [6.45, 7) is 2.64. The van der Waals surface area contributed by atoms with Gasteiger partial charge in [-0.25, -0.2) is 0 Å². The number of carbonyl (C=O) groups is 1. The Bertz CT molecular complexity index is 399. The Labute approximate surface area is 122 Å². The van der Waals surface area contributed by atoms with Gasteiger partial charge in [0.05, 0.1) is 6.54 Å². The quantitative estimate of drug-likeness (QED) is 0.661. The van der Waals surface area contributed by atoms with Crippen molar-refractivity contribution < 1.29 is 4.79 Å². The first-order valence-electron chi connectivity index (χ1n) is 6.36. The van der Waals surface area contributed by atoms with Gasteiger partial charge in [-0.1, -0.05) is 12.1 Å². The number of benzene rings is 1. The van der Waals surface area contributed by atoms with Crippen LogP contribution in [0.1, 0.15) is 23.2 Å². The summed E-state index contributed by atoms with van der Waals surface area (Å²) in [6.07, 6.45) is 2.27. The number of Topliss-reactive ketones (excluding diaryl/α,β-unsaturated/α-hetero) is 1. The lowest BCUT2D eigenvalue weighted by atomic mass is 10.0.